The molecular formula is C25H28O6. The minimum absolute atomic E-state index is 0.000457. The Labute approximate surface area is 186 Å². The Balaban J connectivity index is 1.77. The number of esters is 1. The molecule has 2 aliphatic carbocycles. The number of ketones is 1. The van der Waals surface area contributed by atoms with E-state index in [0.717, 1.165) is 11.1 Å². The largest absolute Gasteiger partial charge is 0.493 e. The van der Waals surface area contributed by atoms with Gasteiger partial charge >= 0.3 is 5.97 Å². The summed E-state index contributed by atoms with van der Waals surface area (Å²) in [5.41, 5.74) is 2.26. The number of hydrogen-bond donors (Lipinski definition) is 0. The van der Waals surface area contributed by atoms with Gasteiger partial charge in [-0.25, -0.2) is 0 Å². The van der Waals surface area contributed by atoms with Crippen LogP contribution in [0.2, 0.25) is 0 Å². The van der Waals surface area contributed by atoms with Gasteiger partial charge in [-0.15, -0.1) is 0 Å². The highest BCUT2D eigenvalue weighted by Gasteiger charge is 2.53. The number of Topliss-reactive ketones (excluding diaryl/α,β-unsaturated/α-hetero) is 1. The third-order valence-electron chi connectivity index (χ3n) is 5.88. The van der Waals surface area contributed by atoms with Crippen LogP contribution in [0.5, 0.6) is 17.2 Å². The smallest absolute Gasteiger partial charge is 0.315 e. The number of rotatable bonds is 8. The van der Waals surface area contributed by atoms with Crippen LogP contribution in [-0.4, -0.2) is 38.6 Å². The third kappa shape index (κ3) is 3.87. The summed E-state index contributed by atoms with van der Waals surface area (Å²) in [5, 5.41) is 0. The van der Waals surface area contributed by atoms with Crippen molar-refractivity contribution in [3.05, 3.63) is 41.5 Å². The van der Waals surface area contributed by atoms with Crippen LogP contribution in [0.25, 0.3) is 11.1 Å². The van der Waals surface area contributed by atoms with Gasteiger partial charge in [0.2, 0.25) is 5.75 Å². The van der Waals surface area contributed by atoms with Crippen LogP contribution in [0, 0.1) is 5.41 Å². The average Bonchev–Trinajstić information content (AvgIpc) is 3.47. The summed E-state index contributed by atoms with van der Waals surface area (Å²) >= 11 is 0. The van der Waals surface area contributed by atoms with Crippen molar-refractivity contribution in [2.75, 3.05) is 20.8 Å². The highest BCUT2D eigenvalue weighted by atomic mass is 16.6. The Morgan fingerprint density at radius 3 is 2.52 bits per heavy atom. The van der Waals surface area contributed by atoms with Crippen molar-refractivity contribution in [1.82, 2.24) is 0 Å². The summed E-state index contributed by atoms with van der Waals surface area (Å²) in [6.45, 7) is 3.64. The van der Waals surface area contributed by atoms with E-state index < -0.39 is 12.5 Å². The average molecular weight is 428 g/mol. The van der Waals surface area contributed by atoms with Gasteiger partial charge in [-0.3, -0.25) is 9.59 Å². The molecule has 0 amide bonds. The lowest BCUT2D eigenvalue weighted by molar-refractivity contribution is -0.155. The molecule has 0 saturated heterocycles. The van der Waals surface area contributed by atoms with Crippen molar-refractivity contribution >= 4 is 11.8 Å². The molecule has 0 aromatic heterocycles. The molecule has 2 aliphatic rings. The molecule has 4 rings (SSSR count). The monoisotopic (exact) mass is 427 g/mol. The number of ether oxygens (including phenoxy) is 4. The van der Waals surface area contributed by atoms with Gasteiger partial charge in [0.25, 0.3) is 0 Å². The molecule has 6 heteroatoms. The van der Waals surface area contributed by atoms with Crippen LogP contribution in [0.3, 0.4) is 0 Å². The molecule has 1 fully saturated rings. The Kier molecular flexibility index (Phi) is 4.69. The van der Waals surface area contributed by atoms with Crippen molar-refractivity contribution in [2.45, 2.75) is 45.6 Å². The highest BCUT2D eigenvalue weighted by molar-refractivity contribution is 6.02. The first-order valence-electron chi connectivity index (χ1n) is 11.9. The van der Waals surface area contributed by atoms with Crippen LogP contribution in [0.4, 0.5) is 0 Å². The highest BCUT2D eigenvalue weighted by Crippen LogP contribution is 2.51. The normalized spacial score (nSPS) is 17.9. The number of carbonyl (C=O) groups is 2. The second kappa shape index (κ2) is 8.25. The van der Waals surface area contributed by atoms with E-state index in [0.29, 0.717) is 36.8 Å². The van der Waals surface area contributed by atoms with E-state index in [4.69, 9.17) is 23.1 Å². The SMILES string of the molecule is [2H]C([2H])([2H])Oc1ccc(-c2cccc3c2CCC3=O)c(OCC2(C(=O)OC(C)C)CC2)c1OC. The molecule has 31 heavy (non-hydrogen) atoms. The summed E-state index contributed by atoms with van der Waals surface area (Å²) in [7, 11) is -1.29. The zero-order chi connectivity index (χ0) is 24.7. The number of methoxy groups -OCH3 is 2. The van der Waals surface area contributed by atoms with E-state index in [-0.39, 0.29) is 41.7 Å². The van der Waals surface area contributed by atoms with Gasteiger partial charge in [-0.1, -0.05) is 18.2 Å². The molecule has 0 N–H and O–H groups in total. The standard InChI is InChI=1S/C25H28O6/c1-15(2)31-24(27)25(12-13-25)14-30-22-19(9-11-21(28-3)23(22)29-4)16-6-5-7-18-17(16)8-10-20(18)26/h5-7,9,11,15H,8,10,12-14H2,1-4H3/i3D3. The van der Waals surface area contributed by atoms with E-state index in [1.807, 2.05) is 12.1 Å². The molecule has 0 atom stereocenters. The van der Waals surface area contributed by atoms with Crippen LogP contribution in [0.15, 0.2) is 30.3 Å². The zero-order valence-corrected chi connectivity index (χ0v) is 17.9. The van der Waals surface area contributed by atoms with E-state index >= 15 is 0 Å². The fourth-order valence-electron chi connectivity index (χ4n) is 4.02. The first-order valence-corrected chi connectivity index (χ1v) is 10.4. The number of carbonyl (C=O) groups excluding carboxylic acids is 2. The molecule has 0 radical (unpaired) electrons. The van der Waals surface area contributed by atoms with Crippen molar-refractivity contribution in [3.8, 4) is 28.4 Å². The molecule has 0 spiro atoms. The second-order valence-corrected chi connectivity index (χ2v) is 8.35. The van der Waals surface area contributed by atoms with Crippen molar-refractivity contribution in [3.63, 3.8) is 0 Å². The summed E-state index contributed by atoms with van der Waals surface area (Å²) in [6, 6.07) is 8.72. The second-order valence-electron chi connectivity index (χ2n) is 8.35. The lowest BCUT2D eigenvalue weighted by Gasteiger charge is -2.22. The Hall–Kier alpha value is -3.02. The van der Waals surface area contributed by atoms with E-state index in [1.165, 1.54) is 13.2 Å². The molecule has 1 saturated carbocycles. The Morgan fingerprint density at radius 2 is 1.84 bits per heavy atom. The van der Waals surface area contributed by atoms with Crippen molar-refractivity contribution in [2.24, 2.45) is 5.41 Å². The van der Waals surface area contributed by atoms with Crippen molar-refractivity contribution in [1.29, 1.82) is 0 Å². The molecule has 0 aliphatic heterocycles. The minimum atomic E-state index is -2.69. The van der Waals surface area contributed by atoms with Crippen LogP contribution in [0.1, 0.15) is 53.1 Å². The number of fused-ring (bicyclic) bond motifs is 1. The van der Waals surface area contributed by atoms with E-state index in [1.54, 1.807) is 26.0 Å². The van der Waals surface area contributed by atoms with Gasteiger partial charge in [0.1, 0.15) is 12.0 Å². The van der Waals surface area contributed by atoms with Crippen LogP contribution >= 0.6 is 0 Å². The van der Waals surface area contributed by atoms with Crippen LogP contribution in [-0.2, 0) is 16.0 Å². The number of hydrogen-bond acceptors (Lipinski definition) is 6. The number of benzene rings is 2. The molecule has 2 aromatic carbocycles. The quantitative estimate of drug-likeness (QED) is 0.573. The zero-order valence-electron chi connectivity index (χ0n) is 20.9. The molecule has 0 bridgehead atoms. The molecule has 6 nitrogen and oxygen atoms in total. The molecule has 0 heterocycles. The molecule has 2 aromatic rings. The van der Waals surface area contributed by atoms with Crippen LogP contribution < -0.4 is 14.2 Å². The fraction of sp³-hybridized carbons (Fsp3) is 0.440. The Morgan fingerprint density at radius 1 is 1.06 bits per heavy atom. The maximum atomic E-state index is 12.6. The maximum Gasteiger partial charge on any atom is 0.315 e. The first kappa shape index (κ1) is 17.6. The fourth-order valence-corrected chi connectivity index (χ4v) is 4.02. The van der Waals surface area contributed by atoms with Gasteiger partial charge in [0, 0.05) is 17.5 Å². The summed E-state index contributed by atoms with van der Waals surface area (Å²) in [6.07, 6.45) is 2.07. The molecule has 164 valence electrons. The summed E-state index contributed by atoms with van der Waals surface area (Å²) < 4.78 is 44.8. The topological polar surface area (TPSA) is 71.1 Å². The Bertz CT molecular complexity index is 1120. The minimum Gasteiger partial charge on any atom is -0.493 e. The lowest BCUT2D eigenvalue weighted by Crippen LogP contribution is -2.28. The van der Waals surface area contributed by atoms with Gasteiger partial charge in [0.05, 0.1) is 24.4 Å². The summed E-state index contributed by atoms with van der Waals surface area (Å²) in [5.74, 6) is 0.148. The van der Waals surface area contributed by atoms with Gasteiger partial charge in [0.15, 0.2) is 17.3 Å². The predicted octanol–water partition coefficient (Wildman–Crippen LogP) is 4.61. The molecule has 0 unspecified atom stereocenters. The van der Waals surface area contributed by atoms with Gasteiger partial charge in [-0.05, 0) is 56.4 Å². The lowest BCUT2D eigenvalue weighted by atomic mass is 9.95. The maximum absolute atomic E-state index is 12.6. The molecular weight excluding hydrogens is 396 g/mol. The predicted molar refractivity (Wildman–Crippen MR) is 116 cm³/mol. The van der Waals surface area contributed by atoms with E-state index in [9.17, 15) is 9.59 Å². The first-order chi connectivity index (χ1) is 16.0. The van der Waals surface area contributed by atoms with Gasteiger partial charge in [-0.2, -0.15) is 0 Å². The summed E-state index contributed by atoms with van der Waals surface area (Å²) in [4.78, 5) is 24.9. The van der Waals surface area contributed by atoms with E-state index in [2.05, 4.69) is 0 Å². The van der Waals surface area contributed by atoms with Gasteiger partial charge < -0.3 is 18.9 Å². The third-order valence-corrected chi connectivity index (χ3v) is 5.88. The van der Waals surface area contributed by atoms with Crippen molar-refractivity contribution < 1.29 is 32.6 Å².